The summed E-state index contributed by atoms with van der Waals surface area (Å²) in [6, 6.07) is 0. The second-order valence-corrected chi connectivity index (χ2v) is 0.524. The molecule has 0 amide bonds. The fraction of sp³-hybridized carbons (Fsp3) is 0. The van der Waals surface area contributed by atoms with Crippen molar-refractivity contribution in [2.75, 3.05) is 0 Å². The Morgan fingerprint density at radius 1 is 1.00 bits per heavy atom. The van der Waals surface area contributed by atoms with E-state index in [0.717, 1.165) is 0 Å². The summed E-state index contributed by atoms with van der Waals surface area (Å²) >= 11 is 0. The summed E-state index contributed by atoms with van der Waals surface area (Å²) in [4.78, 5) is 0. The van der Waals surface area contributed by atoms with Gasteiger partial charge >= 0.3 is 35.3 Å². The van der Waals surface area contributed by atoms with Crippen LogP contribution in [0.5, 0.6) is 0 Å². The fourth-order valence-electron chi connectivity index (χ4n) is 0.0680. The van der Waals surface area contributed by atoms with Crippen molar-refractivity contribution in [2.45, 2.75) is 0 Å². The molecule has 6 heavy (non-hydrogen) atoms. The van der Waals surface area contributed by atoms with Gasteiger partial charge < -0.3 is 0 Å². The van der Waals surface area contributed by atoms with Crippen molar-refractivity contribution >= 4 is 14.3 Å². The molecule has 0 aromatic rings. The van der Waals surface area contributed by atoms with Crippen molar-refractivity contribution in [3.8, 4) is 11.6 Å². The zero-order chi connectivity index (χ0) is 4.83. The fourth-order valence-corrected chi connectivity index (χ4v) is 0.0680. The summed E-state index contributed by atoms with van der Waals surface area (Å²) in [6.45, 7) is 0. The average molecular weight is 77.6 g/mol. The van der Waals surface area contributed by atoms with E-state index in [-0.39, 0.29) is 0 Å². The van der Waals surface area contributed by atoms with Crippen molar-refractivity contribution in [1.29, 1.82) is 0 Å². The zero-order valence-corrected chi connectivity index (χ0v) is 2.97. The first-order valence-corrected chi connectivity index (χ1v) is 1.30. The topological polar surface area (TPSA) is 34.1 Å². The molecule has 0 aliphatic heterocycles. The Hall–Kier alpha value is -0.710. The van der Waals surface area contributed by atoms with Crippen LogP contribution in [0.15, 0.2) is 0 Å². The molecule has 0 spiro atoms. The quantitative estimate of drug-likeness (QED) is 0.275. The Morgan fingerprint density at radius 3 is 1.50 bits per heavy atom. The van der Waals surface area contributed by atoms with Gasteiger partial charge in [-0.2, -0.15) is 0 Å². The molecule has 0 aromatic carbocycles. The predicted molar refractivity (Wildman–Crippen MR) is 20.7 cm³/mol. The molecule has 0 bridgehead atoms. The van der Waals surface area contributed by atoms with Crippen LogP contribution in [0.3, 0.4) is 0 Å². The summed E-state index contributed by atoms with van der Waals surface area (Å²) in [5, 5.41) is 0. The summed E-state index contributed by atoms with van der Waals surface area (Å²) in [7, 11) is 0.739. The molecular weight excluding hydrogens is 77.6 g/mol. The first-order valence-electron chi connectivity index (χ1n) is 1.30. The Balaban J connectivity index is 3.39. The molecule has 0 rings (SSSR count). The standard InChI is InChI=1S/C2B2O2/c5-3-1-2-4-6. The van der Waals surface area contributed by atoms with Crippen LogP contribution in [0, 0.1) is 11.6 Å². The molecule has 4 heteroatoms. The van der Waals surface area contributed by atoms with Gasteiger partial charge in [0.25, 0.3) is 0 Å². The van der Waals surface area contributed by atoms with Gasteiger partial charge in [0.15, 0.2) is 0 Å². The van der Waals surface area contributed by atoms with E-state index in [4.69, 9.17) is 0 Å². The monoisotopic (exact) mass is 78.0 g/mol. The summed E-state index contributed by atoms with van der Waals surface area (Å²) in [5.74, 6) is 3.80. The van der Waals surface area contributed by atoms with Gasteiger partial charge in [-0.3, -0.25) is 0 Å². The molecule has 0 radical (unpaired) electrons. The van der Waals surface area contributed by atoms with Crippen LogP contribution in [0.1, 0.15) is 0 Å². The Labute approximate surface area is 36.4 Å². The van der Waals surface area contributed by atoms with Crippen LogP contribution in [-0.2, 0) is 9.41 Å². The van der Waals surface area contributed by atoms with Gasteiger partial charge in [0.2, 0.25) is 0 Å². The summed E-state index contributed by atoms with van der Waals surface area (Å²) in [5.41, 5.74) is 0. The molecule has 0 saturated carbocycles. The third kappa shape index (κ3) is 3.29. The van der Waals surface area contributed by atoms with E-state index in [9.17, 15) is 9.41 Å². The van der Waals surface area contributed by atoms with Crippen molar-refractivity contribution in [3.05, 3.63) is 0 Å². The van der Waals surface area contributed by atoms with Crippen LogP contribution in [-0.4, -0.2) is 14.3 Å². The molecular formula is C2B2O2. The Kier molecular flexibility index (Phi) is 3.78. The molecule has 0 unspecified atom stereocenters. The van der Waals surface area contributed by atoms with E-state index in [1.54, 1.807) is 0 Å². The molecule has 0 N–H and O–H groups in total. The van der Waals surface area contributed by atoms with Crippen molar-refractivity contribution in [2.24, 2.45) is 0 Å². The minimum atomic E-state index is 0.369. The average Bonchev–Trinajstić information content (AvgIpc) is 1.61. The summed E-state index contributed by atoms with van der Waals surface area (Å²) < 4.78 is 18.5. The van der Waals surface area contributed by atoms with Crippen LogP contribution in [0.25, 0.3) is 0 Å². The normalized spacial score (nSPS) is 3.33. The predicted octanol–water partition coefficient (Wildman–Crippen LogP) is -0.996. The minimum absolute atomic E-state index is 0.369. The second kappa shape index (κ2) is 4.29. The van der Waals surface area contributed by atoms with Crippen molar-refractivity contribution < 1.29 is 9.41 Å². The Morgan fingerprint density at radius 2 is 1.33 bits per heavy atom. The maximum atomic E-state index is 9.23. The van der Waals surface area contributed by atoms with E-state index in [0.29, 0.717) is 14.3 Å². The summed E-state index contributed by atoms with van der Waals surface area (Å²) in [6.07, 6.45) is 0. The molecule has 0 fully saturated rings. The van der Waals surface area contributed by atoms with Gasteiger partial charge in [-0.15, -0.1) is 0 Å². The molecule has 0 aromatic heterocycles. The van der Waals surface area contributed by atoms with Crippen molar-refractivity contribution in [1.82, 2.24) is 0 Å². The SMILES string of the molecule is O=BC#CB=O. The number of hydrogen-bond acceptors (Lipinski definition) is 2. The van der Waals surface area contributed by atoms with Crippen molar-refractivity contribution in [3.63, 3.8) is 0 Å². The molecule has 0 aliphatic carbocycles. The molecule has 0 saturated heterocycles. The van der Waals surface area contributed by atoms with Crippen LogP contribution in [0.2, 0.25) is 0 Å². The van der Waals surface area contributed by atoms with Gasteiger partial charge in [0.05, 0.1) is 0 Å². The van der Waals surface area contributed by atoms with E-state index in [1.807, 2.05) is 11.6 Å². The number of rotatable bonds is 0. The molecule has 0 heterocycles. The van der Waals surface area contributed by atoms with Gasteiger partial charge in [0.1, 0.15) is 0 Å². The van der Waals surface area contributed by atoms with E-state index >= 15 is 0 Å². The van der Waals surface area contributed by atoms with Gasteiger partial charge in [-0.1, -0.05) is 0 Å². The number of hydrogen-bond donors (Lipinski definition) is 0. The first kappa shape index (κ1) is 5.29. The molecule has 26 valence electrons. The maximum absolute atomic E-state index is 9.23. The molecule has 0 aliphatic rings. The van der Waals surface area contributed by atoms with E-state index < -0.39 is 0 Å². The van der Waals surface area contributed by atoms with Gasteiger partial charge in [-0.25, -0.2) is 0 Å². The second-order valence-electron chi connectivity index (χ2n) is 0.524. The van der Waals surface area contributed by atoms with Gasteiger partial charge in [-0.05, 0) is 0 Å². The van der Waals surface area contributed by atoms with E-state index in [2.05, 4.69) is 0 Å². The van der Waals surface area contributed by atoms with Gasteiger partial charge in [0, 0.05) is 0 Å². The molecule has 0 atom stereocenters. The van der Waals surface area contributed by atoms with E-state index in [1.165, 1.54) is 0 Å². The Bertz CT molecular complexity index is 96.5. The zero-order valence-electron chi connectivity index (χ0n) is 2.97. The third-order valence-electron chi connectivity index (χ3n) is 0.201. The van der Waals surface area contributed by atoms with Crippen LogP contribution >= 0.6 is 0 Å². The van der Waals surface area contributed by atoms with Crippen LogP contribution < -0.4 is 0 Å². The first-order chi connectivity index (χ1) is 2.91. The molecule has 2 nitrogen and oxygen atoms in total. The third-order valence-corrected chi connectivity index (χ3v) is 0.201. The van der Waals surface area contributed by atoms with Crippen LogP contribution in [0.4, 0.5) is 0 Å².